The van der Waals surface area contributed by atoms with E-state index in [1.165, 1.54) is 7.11 Å². The molecule has 1 aromatic heterocycles. The van der Waals surface area contributed by atoms with Crippen LogP contribution < -0.4 is 10.2 Å². The summed E-state index contributed by atoms with van der Waals surface area (Å²) in [6.07, 6.45) is 1.74. The molecule has 2 rings (SSSR count). The number of fused-ring (bicyclic) bond motifs is 1. The van der Waals surface area contributed by atoms with E-state index in [4.69, 9.17) is 0 Å². The van der Waals surface area contributed by atoms with Crippen molar-refractivity contribution in [1.82, 2.24) is 4.98 Å². The van der Waals surface area contributed by atoms with Gasteiger partial charge in [-0.2, -0.15) is 0 Å². The van der Waals surface area contributed by atoms with Crippen LogP contribution in [0.2, 0.25) is 0 Å². The maximum atomic E-state index is 11.4. The second-order valence-electron chi connectivity index (χ2n) is 4.25. The number of likely N-dealkylation sites (N-methyl/N-ethyl adjacent to an activating group) is 1. The van der Waals surface area contributed by atoms with Crippen LogP contribution in [0.15, 0.2) is 30.5 Å². The molecule has 0 atom stereocenters. The third-order valence-corrected chi connectivity index (χ3v) is 2.99. The number of methoxy groups -OCH3 is 1. The molecule has 0 saturated heterocycles. The lowest BCUT2D eigenvalue weighted by atomic mass is 10.1. The highest BCUT2D eigenvalue weighted by Gasteiger charge is 2.11. The van der Waals surface area contributed by atoms with Gasteiger partial charge in [-0.1, -0.05) is 6.07 Å². The lowest BCUT2D eigenvalue weighted by Gasteiger charge is -2.18. The third kappa shape index (κ3) is 2.76. The van der Waals surface area contributed by atoms with Crippen molar-refractivity contribution in [3.8, 4) is 0 Å². The summed E-state index contributed by atoms with van der Waals surface area (Å²) in [7, 11) is 5.08. The van der Waals surface area contributed by atoms with Gasteiger partial charge < -0.3 is 15.0 Å². The van der Waals surface area contributed by atoms with Gasteiger partial charge in [0.25, 0.3) is 0 Å². The predicted molar refractivity (Wildman–Crippen MR) is 76.6 cm³/mol. The molecule has 1 N–H and O–H groups in total. The molecule has 0 saturated carbocycles. The highest BCUT2D eigenvalue weighted by molar-refractivity contribution is 5.95. The fourth-order valence-electron chi connectivity index (χ4n) is 1.95. The average molecular weight is 259 g/mol. The van der Waals surface area contributed by atoms with E-state index < -0.39 is 0 Å². The van der Waals surface area contributed by atoms with Gasteiger partial charge in [0.1, 0.15) is 12.4 Å². The van der Waals surface area contributed by atoms with Gasteiger partial charge >= 0.3 is 5.97 Å². The highest BCUT2D eigenvalue weighted by atomic mass is 16.5. The molecule has 100 valence electrons. The minimum Gasteiger partial charge on any atom is -0.468 e. The van der Waals surface area contributed by atoms with Crippen LogP contribution in [-0.2, 0) is 9.53 Å². The average Bonchev–Trinajstić information content (AvgIpc) is 2.45. The summed E-state index contributed by atoms with van der Waals surface area (Å²) in [5.41, 5.74) is 1.01. The molecule has 0 fully saturated rings. The number of ether oxygens (including phenoxy) is 1. The number of carbonyl (C=O) groups excluding carboxylic acids is 1. The summed E-state index contributed by atoms with van der Waals surface area (Å²) in [5, 5.41) is 5.18. The van der Waals surface area contributed by atoms with Crippen LogP contribution >= 0.6 is 0 Å². The van der Waals surface area contributed by atoms with E-state index in [1.54, 1.807) is 11.1 Å². The Morgan fingerprint density at radius 2 is 2.21 bits per heavy atom. The number of esters is 1. The first-order valence-corrected chi connectivity index (χ1v) is 6.00. The van der Waals surface area contributed by atoms with E-state index in [0.717, 1.165) is 22.3 Å². The third-order valence-electron chi connectivity index (χ3n) is 2.99. The first-order chi connectivity index (χ1) is 9.15. The number of anilines is 2. The maximum absolute atomic E-state index is 11.4. The van der Waals surface area contributed by atoms with Crippen molar-refractivity contribution < 1.29 is 9.53 Å². The number of aromatic nitrogens is 1. The number of nitrogens with one attached hydrogen (secondary N) is 1. The van der Waals surface area contributed by atoms with Crippen molar-refractivity contribution >= 4 is 28.2 Å². The minimum atomic E-state index is -0.286. The van der Waals surface area contributed by atoms with E-state index in [9.17, 15) is 4.79 Å². The number of rotatable bonds is 4. The van der Waals surface area contributed by atoms with Crippen molar-refractivity contribution in [2.24, 2.45) is 0 Å². The molecular weight excluding hydrogens is 242 g/mol. The zero-order valence-electron chi connectivity index (χ0n) is 11.3. The van der Waals surface area contributed by atoms with Crippen molar-refractivity contribution in [3.05, 3.63) is 30.5 Å². The van der Waals surface area contributed by atoms with Crippen molar-refractivity contribution in [2.45, 2.75) is 0 Å². The Labute approximate surface area is 112 Å². The molecule has 1 aromatic carbocycles. The molecular formula is C14H17N3O2. The predicted octanol–water partition coefficient (Wildman–Crippen LogP) is 1.89. The van der Waals surface area contributed by atoms with Crippen LogP contribution in [-0.4, -0.2) is 38.7 Å². The summed E-state index contributed by atoms with van der Waals surface area (Å²) in [5.74, 6) is 0.478. The van der Waals surface area contributed by atoms with Crippen LogP contribution in [0.3, 0.4) is 0 Å². The molecule has 0 spiro atoms. The molecule has 0 aliphatic carbocycles. The van der Waals surface area contributed by atoms with Gasteiger partial charge in [-0.3, -0.25) is 4.79 Å². The van der Waals surface area contributed by atoms with E-state index in [2.05, 4.69) is 15.0 Å². The molecule has 19 heavy (non-hydrogen) atoms. The lowest BCUT2D eigenvalue weighted by molar-refractivity contribution is -0.138. The SMILES string of the molecule is CNc1ccc2ccnc(N(C)CC(=O)OC)c2c1. The summed E-state index contributed by atoms with van der Waals surface area (Å²) in [4.78, 5) is 17.5. The normalized spacial score (nSPS) is 10.3. The van der Waals surface area contributed by atoms with Crippen LogP contribution in [0.1, 0.15) is 0 Å². The van der Waals surface area contributed by atoms with Crippen molar-refractivity contribution in [1.29, 1.82) is 0 Å². The number of benzene rings is 1. The second kappa shape index (κ2) is 5.56. The van der Waals surface area contributed by atoms with Gasteiger partial charge in [0.2, 0.25) is 0 Å². The first kappa shape index (κ1) is 13.1. The van der Waals surface area contributed by atoms with Crippen molar-refractivity contribution in [2.75, 3.05) is 38.0 Å². The number of pyridine rings is 1. The van der Waals surface area contributed by atoms with Gasteiger partial charge in [-0.05, 0) is 23.6 Å². The molecule has 0 amide bonds. The number of hydrogen-bond donors (Lipinski definition) is 1. The molecule has 0 bridgehead atoms. The Balaban J connectivity index is 2.44. The first-order valence-electron chi connectivity index (χ1n) is 6.00. The van der Waals surface area contributed by atoms with Crippen LogP contribution in [0.4, 0.5) is 11.5 Å². The smallest absolute Gasteiger partial charge is 0.325 e. The largest absolute Gasteiger partial charge is 0.468 e. The molecule has 0 aliphatic heterocycles. The standard InChI is InChI=1S/C14H17N3O2/c1-15-11-5-4-10-6-7-16-14(12(10)8-11)17(2)9-13(18)19-3/h4-8,15H,9H2,1-3H3. The van der Waals surface area contributed by atoms with Crippen LogP contribution in [0.5, 0.6) is 0 Å². The number of hydrogen-bond acceptors (Lipinski definition) is 5. The van der Waals surface area contributed by atoms with Crippen molar-refractivity contribution in [3.63, 3.8) is 0 Å². The van der Waals surface area contributed by atoms with E-state index in [1.807, 2.05) is 38.4 Å². The summed E-state index contributed by atoms with van der Waals surface area (Å²) in [6.45, 7) is 0.173. The molecule has 0 radical (unpaired) electrons. The van der Waals surface area contributed by atoms with Gasteiger partial charge in [-0.15, -0.1) is 0 Å². The molecule has 2 aromatic rings. The molecule has 1 heterocycles. The number of nitrogens with zero attached hydrogens (tertiary/aromatic N) is 2. The molecule has 5 heteroatoms. The zero-order valence-corrected chi connectivity index (χ0v) is 11.3. The highest BCUT2D eigenvalue weighted by Crippen LogP contribution is 2.26. The van der Waals surface area contributed by atoms with E-state index >= 15 is 0 Å². The second-order valence-corrected chi connectivity index (χ2v) is 4.25. The Morgan fingerprint density at radius 3 is 2.89 bits per heavy atom. The minimum absolute atomic E-state index is 0.173. The van der Waals surface area contributed by atoms with Crippen LogP contribution in [0, 0.1) is 0 Å². The van der Waals surface area contributed by atoms with E-state index in [-0.39, 0.29) is 12.5 Å². The van der Waals surface area contributed by atoms with Gasteiger partial charge in [-0.25, -0.2) is 4.98 Å². The summed E-state index contributed by atoms with van der Waals surface area (Å²) >= 11 is 0. The topological polar surface area (TPSA) is 54.5 Å². The fraction of sp³-hybridized carbons (Fsp3) is 0.286. The van der Waals surface area contributed by atoms with Gasteiger partial charge in [0, 0.05) is 31.4 Å². The zero-order chi connectivity index (χ0) is 13.8. The van der Waals surface area contributed by atoms with E-state index in [0.29, 0.717) is 0 Å². The Kier molecular flexibility index (Phi) is 3.85. The monoisotopic (exact) mass is 259 g/mol. The summed E-state index contributed by atoms with van der Waals surface area (Å²) in [6, 6.07) is 8.00. The number of carbonyl (C=O) groups is 1. The van der Waals surface area contributed by atoms with Gasteiger partial charge in [0.05, 0.1) is 7.11 Å². The Morgan fingerprint density at radius 1 is 1.42 bits per heavy atom. The fourth-order valence-corrected chi connectivity index (χ4v) is 1.95. The van der Waals surface area contributed by atoms with Crippen LogP contribution in [0.25, 0.3) is 10.8 Å². The summed E-state index contributed by atoms with van der Waals surface area (Å²) < 4.78 is 4.68. The Hall–Kier alpha value is -2.30. The molecule has 5 nitrogen and oxygen atoms in total. The molecule has 0 aliphatic rings. The maximum Gasteiger partial charge on any atom is 0.325 e. The Bertz CT molecular complexity index is 598. The molecule has 0 unspecified atom stereocenters. The van der Waals surface area contributed by atoms with Gasteiger partial charge in [0.15, 0.2) is 0 Å². The quantitative estimate of drug-likeness (QED) is 0.850. The lowest BCUT2D eigenvalue weighted by Crippen LogP contribution is -2.27.